The van der Waals surface area contributed by atoms with E-state index in [9.17, 15) is 4.79 Å². The molecule has 5 heteroatoms. The highest BCUT2D eigenvalue weighted by molar-refractivity contribution is 5.91. The van der Waals surface area contributed by atoms with Gasteiger partial charge >= 0.3 is 5.97 Å². The molecule has 0 spiro atoms. The second-order valence-corrected chi connectivity index (χ2v) is 4.96. The van der Waals surface area contributed by atoms with Gasteiger partial charge in [-0.1, -0.05) is 0 Å². The molecule has 20 heavy (non-hydrogen) atoms. The second-order valence-electron chi connectivity index (χ2n) is 4.96. The first kappa shape index (κ1) is 16.3. The number of hydrogen-bond acceptors (Lipinski definition) is 5. The molecule has 0 heterocycles. The van der Waals surface area contributed by atoms with Crippen LogP contribution in [0.3, 0.4) is 0 Å². The van der Waals surface area contributed by atoms with Gasteiger partial charge in [0, 0.05) is 6.54 Å². The predicted molar refractivity (Wildman–Crippen MR) is 83.1 cm³/mol. The fourth-order valence-corrected chi connectivity index (χ4v) is 1.84. The number of nitrogens with one attached hydrogen (secondary N) is 1. The molecule has 0 aliphatic heterocycles. The Bertz CT molecular complexity index is 433. The van der Waals surface area contributed by atoms with Crippen molar-refractivity contribution in [3.8, 4) is 0 Å². The number of nitrogens with zero attached hydrogens (tertiary/aromatic N) is 1. The normalized spacial score (nSPS) is 10.6. The van der Waals surface area contributed by atoms with Crippen LogP contribution in [0.4, 0.5) is 11.4 Å². The molecule has 0 bridgehead atoms. The van der Waals surface area contributed by atoms with E-state index in [1.54, 1.807) is 19.1 Å². The molecule has 0 saturated heterocycles. The van der Waals surface area contributed by atoms with Gasteiger partial charge in [-0.3, -0.25) is 0 Å². The summed E-state index contributed by atoms with van der Waals surface area (Å²) in [5.74, 6) is -0.336. The van der Waals surface area contributed by atoms with Crippen LogP contribution in [0.15, 0.2) is 18.2 Å². The van der Waals surface area contributed by atoms with E-state index in [1.165, 1.54) is 0 Å². The zero-order valence-electron chi connectivity index (χ0n) is 12.6. The third kappa shape index (κ3) is 5.48. The highest BCUT2D eigenvalue weighted by Crippen LogP contribution is 2.20. The summed E-state index contributed by atoms with van der Waals surface area (Å²) in [5.41, 5.74) is 7.86. The van der Waals surface area contributed by atoms with Crippen molar-refractivity contribution >= 4 is 17.3 Å². The third-order valence-electron chi connectivity index (χ3n) is 2.91. The first-order valence-electron chi connectivity index (χ1n) is 6.99. The number of carbonyl (C=O) groups is 1. The maximum absolute atomic E-state index is 11.6. The molecule has 0 aromatic heterocycles. The van der Waals surface area contributed by atoms with Crippen LogP contribution in [0, 0.1) is 0 Å². The summed E-state index contributed by atoms with van der Waals surface area (Å²) in [5, 5.41) is 3.29. The van der Waals surface area contributed by atoms with Crippen molar-refractivity contribution in [2.24, 2.45) is 0 Å². The van der Waals surface area contributed by atoms with Crippen LogP contribution in [-0.2, 0) is 4.74 Å². The van der Waals surface area contributed by atoms with Crippen LogP contribution >= 0.6 is 0 Å². The summed E-state index contributed by atoms with van der Waals surface area (Å²) in [6.07, 6.45) is 2.22. The molecule has 0 aliphatic rings. The van der Waals surface area contributed by atoms with E-state index >= 15 is 0 Å². The van der Waals surface area contributed by atoms with E-state index in [0.29, 0.717) is 17.9 Å². The summed E-state index contributed by atoms with van der Waals surface area (Å²) in [7, 11) is 4.14. The topological polar surface area (TPSA) is 67.6 Å². The van der Waals surface area contributed by atoms with E-state index in [-0.39, 0.29) is 5.97 Å². The maximum Gasteiger partial charge on any atom is 0.338 e. The fraction of sp³-hybridized carbons (Fsp3) is 0.533. The summed E-state index contributed by atoms with van der Waals surface area (Å²) in [4.78, 5) is 13.7. The van der Waals surface area contributed by atoms with Crippen molar-refractivity contribution in [1.82, 2.24) is 4.90 Å². The van der Waals surface area contributed by atoms with E-state index in [4.69, 9.17) is 10.5 Å². The minimum absolute atomic E-state index is 0.336. The zero-order valence-corrected chi connectivity index (χ0v) is 12.6. The van der Waals surface area contributed by atoms with Gasteiger partial charge in [-0.05, 0) is 58.6 Å². The molecule has 0 fully saturated rings. The first-order valence-corrected chi connectivity index (χ1v) is 6.99. The molecular weight excluding hydrogens is 254 g/mol. The lowest BCUT2D eigenvalue weighted by atomic mass is 10.1. The van der Waals surface area contributed by atoms with E-state index in [0.717, 1.165) is 31.6 Å². The number of nitrogens with two attached hydrogens (primary N) is 1. The van der Waals surface area contributed by atoms with Gasteiger partial charge in [0.2, 0.25) is 0 Å². The molecule has 3 N–H and O–H groups in total. The van der Waals surface area contributed by atoms with Gasteiger partial charge in [0.25, 0.3) is 0 Å². The lowest BCUT2D eigenvalue weighted by Crippen LogP contribution is -2.14. The molecule has 1 aromatic rings. The summed E-state index contributed by atoms with van der Waals surface area (Å²) >= 11 is 0. The van der Waals surface area contributed by atoms with Crippen LogP contribution in [0.1, 0.15) is 30.1 Å². The van der Waals surface area contributed by atoms with Crippen molar-refractivity contribution in [2.75, 3.05) is 44.8 Å². The van der Waals surface area contributed by atoms with Crippen LogP contribution in [0.2, 0.25) is 0 Å². The Hall–Kier alpha value is -1.75. The van der Waals surface area contributed by atoms with Gasteiger partial charge < -0.3 is 20.7 Å². The molecule has 0 aliphatic carbocycles. The number of unbranched alkanes of at least 4 members (excludes halogenated alkanes) is 1. The highest BCUT2D eigenvalue weighted by Gasteiger charge is 2.08. The zero-order chi connectivity index (χ0) is 15.0. The summed E-state index contributed by atoms with van der Waals surface area (Å²) in [6.45, 7) is 4.10. The lowest BCUT2D eigenvalue weighted by Gasteiger charge is -2.12. The van der Waals surface area contributed by atoms with Crippen molar-refractivity contribution < 1.29 is 9.53 Å². The average Bonchev–Trinajstić information content (AvgIpc) is 2.39. The molecule has 0 amide bonds. The monoisotopic (exact) mass is 279 g/mol. The van der Waals surface area contributed by atoms with Crippen molar-refractivity contribution in [1.29, 1.82) is 0 Å². The van der Waals surface area contributed by atoms with E-state index in [1.807, 2.05) is 6.07 Å². The number of benzene rings is 1. The van der Waals surface area contributed by atoms with Crippen LogP contribution in [-0.4, -0.2) is 44.7 Å². The quantitative estimate of drug-likeness (QED) is 0.434. The minimum atomic E-state index is -0.336. The Labute approximate surface area is 121 Å². The summed E-state index contributed by atoms with van der Waals surface area (Å²) in [6, 6.07) is 5.21. The van der Waals surface area contributed by atoms with Crippen molar-refractivity contribution in [3.63, 3.8) is 0 Å². The van der Waals surface area contributed by atoms with E-state index < -0.39 is 0 Å². The number of esters is 1. The Morgan fingerprint density at radius 3 is 2.70 bits per heavy atom. The largest absolute Gasteiger partial charge is 0.462 e. The molecule has 0 radical (unpaired) electrons. The average molecular weight is 279 g/mol. The molecular formula is C15H25N3O2. The van der Waals surface area contributed by atoms with Crippen molar-refractivity contribution in [3.05, 3.63) is 23.8 Å². The van der Waals surface area contributed by atoms with Crippen LogP contribution in [0.25, 0.3) is 0 Å². The Morgan fingerprint density at radius 1 is 1.35 bits per heavy atom. The Morgan fingerprint density at radius 2 is 2.10 bits per heavy atom. The number of anilines is 2. The van der Waals surface area contributed by atoms with Crippen LogP contribution in [0.5, 0.6) is 0 Å². The van der Waals surface area contributed by atoms with Crippen molar-refractivity contribution in [2.45, 2.75) is 19.8 Å². The standard InChI is InChI=1S/C15H25N3O2/c1-4-20-15(19)12-7-8-14(13(16)11-12)17-9-5-6-10-18(2)3/h7-8,11,17H,4-6,9-10,16H2,1-3H3. The Balaban J connectivity index is 2.45. The molecule has 5 nitrogen and oxygen atoms in total. The minimum Gasteiger partial charge on any atom is -0.462 e. The van der Waals surface area contributed by atoms with E-state index in [2.05, 4.69) is 24.3 Å². The molecule has 1 aromatic carbocycles. The number of ether oxygens (including phenoxy) is 1. The fourth-order valence-electron chi connectivity index (χ4n) is 1.84. The molecule has 0 atom stereocenters. The van der Waals surface area contributed by atoms with Gasteiger partial charge in [-0.25, -0.2) is 4.79 Å². The van der Waals surface area contributed by atoms with Gasteiger partial charge in [-0.2, -0.15) is 0 Å². The number of rotatable bonds is 8. The van der Waals surface area contributed by atoms with Gasteiger partial charge in [0.05, 0.1) is 23.5 Å². The summed E-state index contributed by atoms with van der Waals surface area (Å²) < 4.78 is 4.94. The third-order valence-corrected chi connectivity index (χ3v) is 2.91. The molecule has 0 saturated carbocycles. The Kier molecular flexibility index (Phi) is 6.87. The SMILES string of the molecule is CCOC(=O)c1ccc(NCCCCN(C)C)c(N)c1. The predicted octanol–water partition coefficient (Wildman–Crippen LogP) is 2.20. The molecule has 0 unspecified atom stereocenters. The number of carbonyl (C=O) groups excluding carboxylic acids is 1. The number of hydrogen-bond donors (Lipinski definition) is 2. The lowest BCUT2D eigenvalue weighted by molar-refractivity contribution is 0.0526. The van der Waals surface area contributed by atoms with Gasteiger partial charge in [0.15, 0.2) is 0 Å². The van der Waals surface area contributed by atoms with Gasteiger partial charge in [0.1, 0.15) is 0 Å². The first-order chi connectivity index (χ1) is 9.54. The van der Waals surface area contributed by atoms with Crippen LogP contribution < -0.4 is 11.1 Å². The van der Waals surface area contributed by atoms with Gasteiger partial charge in [-0.15, -0.1) is 0 Å². The number of nitrogen functional groups attached to an aromatic ring is 1. The molecule has 1 rings (SSSR count). The molecule has 112 valence electrons. The highest BCUT2D eigenvalue weighted by atomic mass is 16.5. The maximum atomic E-state index is 11.6. The smallest absolute Gasteiger partial charge is 0.338 e. The second kappa shape index (κ2) is 8.43.